The summed E-state index contributed by atoms with van der Waals surface area (Å²) in [6, 6.07) is 6.70. The second-order valence-corrected chi connectivity index (χ2v) is 5.83. The van der Waals surface area contributed by atoms with E-state index in [0.29, 0.717) is 12.0 Å². The van der Waals surface area contributed by atoms with Crippen molar-refractivity contribution in [3.8, 4) is 0 Å². The molecular weight excluding hydrogens is 246 g/mol. The summed E-state index contributed by atoms with van der Waals surface area (Å²) in [5, 5.41) is 4.24. The fourth-order valence-corrected chi connectivity index (χ4v) is 3.13. The van der Waals surface area contributed by atoms with Crippen LogP contribution in [0.2, 0.25) is 5.02 Å². The quantitative estimate of drug-likeness (QED) is 0.900. The average Bonchev–Trinajstić information content (AvgIpc) is 2.93. The predicted octanol–water partition coefficient (Wildman–Crippen LogP) is 3.10. The smallest absolute Gasteiger partial charge is 0.114 e. The Balaban J connectivity index is 1.92. The van der Waals surface area contributed by atoms with Gasteiger partial charge >= 0.3 is 0 Å². The highest BCUT2D eigenvalue weighted by Crippen LogP contribution is 2.41. The van der Waals surface area contributed by atoms with Crippen molar-refractivity contribution in [2.75, 3.05) is 13.1 Å². The predicted molar refractivity (Wildman–Crippen MR) is 73.2 cm³/mol. The Morgan fingerprint density at radius 1 is 1.28 bits per heavy atom. The monoisotopic (exact) mass is 261 g/mol. The number of imidazole rings is 1. The molecule has 4 heteroatoms. The third-order valence-electron chi connectivity index (χ3n) is 4.02. The lowest BCUT2D eigenvalue weighted by Crippen LogP contribution is -2.12. The highest BCUT2D eigenvalue weighted by atomic mass is 35.5. The van der Waals surface area contributed by atoms with Gasteiger partial charge in [-0.25, -0.2) is 4.98 Å². The largest absolute Gasteiger partial charge is 0.325 e. The molecule has 2 fully saturated rings. The van der Waals surface area contributed by atoms with Crippen LogP contribution in [-0.4, -0.2) is 22.6 Å². The van der Waals surface area contributed by atoms with Gasteiger partial charge in [0.25, 0.3) is 0 Å². The molecule has 0 radical (unpaired) electrons. The number of nitrogens with zero attached hydrogens (tertiary/aromatic N) is 2. The number of aromatic nitrogens is 2. The van der Waals surface area contributed by atoms with Crippen molar-refractivity contribution in [1.29, 1.82) is 0 Å². The number of nitrogens with one attached hydrogen (secondary N) is 1. The maximum atomic E-state index is 6.13. The number of hydrogen-bond acceptors (Lipinski definition) is 2. The van der Waals surface area contributed by atoms with E-state index >= 15 is 0 Å². The molecule has 3 nitrogen and oxygen atoms in total. The van der Waals surface area contributed by atoms with Crippen LogP contribution >= 0.6 is 11.6 Å². The van der Waals surface area contributed by atoms with Crippen LogP contribution in [0.1, 0.15) is 37.0 Å². The summed E-state index contributed by atoms with van der Waals surface area (Å²) in [6.45, 7) is 2.17. The molecule has 1 saturated heterocycles. The fourth-order valence-electron chi connectivity index (χ4n) is 2.96. The molecule has 0 spiro atoms. The Kier molecular flexibility index (Phi) is 2.39. The lowest BCUT2D eigenvalue weighted by atomic mass is 10.1. The first-order valence-electron chi connectivity index (χ1n) is 6.71. The molecule has 2 aliphatic rings. The van der Waals surface area contributed by atoms with Crippen molar-refractivity contribution in [3.05, 3.63) is 29.0 Å². The van der Waals surface area contributed by atoms with Gasteiger partial charge < -0.3 is 9.88 Å². The lowest BCUT2D eigenvalue weighted by Gasteiger charge is -2.12. The minimum absolute atomic E-state index is 0.566. The van der Waals surface area contributed by atoms with Gasteiger partial charge in [-0.15, -0.1) is 0 Å². The number of fused-ring (bicyclic) bond motifs is 1. The van der Waals surface area contributed by atoms with Gasteiger partial charge in [0, 0.05) is 23.5 Å². The molecule has 1 aromatic heterocycles. The third-order valence-corrected chi connectivity index (χ3v) is 4.25. The number of benzene rings is 1. The first-order chi connectivity index (χ1) is 8.83. The molecule has 1 aliphatic carbocycles. The molecule has 94 valence electrons. The Hall–Kier alpha value is -1.06. The SMILES string of the molecule is Clc1ccc2nc(C3CCNC3)n(C3CC3)c2c1. The molecule has 0 amide bonds. The van der Waals surface area contributed by atoms with Gasteiger partial charge in [0.1, 0.15) is 5.82 Å². The van der Waals surface area contributed by atoms with E-state index in [1.807, 2.05) is 12.1 Å². The number of halogens is 1. The molecule has 2 aromatic rings. The van der Waals surface area contributed by atoms with E-state index in [4.69, 9.17) is 16.6 Å². The molecule has 1 unspecified atom stereocenters. The van der Waals surface area contributed by atoms with Crippen molar-refractivity contribution in [2.24, 2.45) is 0 Å². The number of hydrogen-bond donors (Lipinski definition) is 1. The Bertz CT molecular complexity index is 594. The van der Waals surface area contributed by atoms with Crippen LogP contribution < -0.4 is 5.32 Å². The molecule has 1 N–H and O–H groups in total. The van der Waals surface area contributed by atoms with Crippen molar-refractivity contribution in [1.82, 2.24) is 14.9 Å². The summed E-state index contributed by atoms with van der Waals surface area (Å²) >= 11 is 6.13. The molecule has 1 atom stereocenters. The fraction of sp³-hybridized carbons (Fsp3) is 0.500. The van der Waals surface area contributed by atoms with Crippen LogP contribution in [0.3, 0.4) is 0 Å². The van der Waals surface area contributed by atoms with Crippen LogP contribution in [-0.2, 0) is 0 Å². The third kappa shape index (κ3) is 1.65. The van der Waals surface area contributed by atoms with Gasteiger partial charge in [0.2, 0.25) is 0 Å². The highest BCUT2D eigenvalue weighted by molar-refractivity contribution is 6.31. The van der Waals surface area contributed by atoms with Crippen molar-refractivity contribution in [3.63, 3.8) is 0 Å². The lowest BCUT2D eigenvalue weighted by molar-refractivity contribution is 0.622. The standard InChI is InChI=1S/C14H16ClN3/c15-10-1-4-12-13(7-10)18(11-2-3-11)14(17-12)9-5-6-16-8-9/h1,4,7,9,11,16H,2-3,5-6,8H2. The molecule has 0 bridgehead atoms. The minimum atomic E-state index is 0.566. The topological polar surface area (TPSA) is 29.9 Å². The molecule has 2 heterocycles. The van der Waals surface area contributed by atoms with E-state index < -0.39 is 0 Å². The molecular formula is C14H16ClN3. The molecule has 18 heavy (non-hydrogen) atoms. The first kappa shape index (κ1) is 10.8. The van der Waals surface area contributed by atoms with Gasteiger partial charge in [0.15, 0.2) is 0 Å². The second-order valence-electron chi connectivity index (χ2n) is 5.39. The van der Waals surface area contributed by atoms with Crippen LogP contribution in [0.4, 0.5) is 0 Å². The summed E-state index contributed by atoms with van der Waals surface area (Å²) in [4.78, 5) is 4.86. The van der Waals surface area contributed by atoms with Crippen LogP contribution in [0, 0.1) is 0 Å². The van der Waals surface area contributed by atoms with Gasteiger partial charge in [-0.2, -0.15) is 0 Å². The summed E-state index contributed by atoms with van der Waals surface area (Å²) in [5.74, 6) is 1.83. The van der Waals surface area contributed by atoms with Crippen LogP contribution in [0.15, 0.2) is 18.2 Å². The normalized spacial score (nSPS) is 23.9. The van der Waals surface area contributed by atoms with Gasteiger partial charge in [-0.05, 0) is 44.0 Å². The van der Waals surface area contributed by atoms with Gasteiger partial charge in [-0.3, -0.25) is 0 Å². The summed E-state index contributed by atoms with van der Waals surface area (Å²) < 4.78 is 2.44. The highest BCUT2D eigenvalue weighted by Gasteiger charge is 2.31. The van der Waals surface area contributed by atoms with E-state index in [2.05, 4.69) is 16.0 Å². The molecule has 1 saturated carbocycles. The zero-order valence-electron chi connectivity index (χ0n) is 10.2. The van der Waals surface area contributed by atoms with Crippen molar-refractivity contribution in [2.45, 2.75) is 31.2 Å². The zero-order valence-corrected chi connectivity index (χ0v) is 11.0. The maximum Gasteiger partial charge on any atom is 0.114 e. The maximum absolute atomic E-state index is 6.13. The van der Waals surface area contributed by atoms with E-state index in [1.165, 1.54) is 30.6 Å². The molecule has 1 aliphatic heterocycles. The van der Waals surface area contributed by atoms with E-state index in [-0.39, 0.29) is 0 Å². The first-order valence-corrected chi connectivity index (χ1v) is 7.09. The zero-order chi connectivity index (χ0) is 12.1. The summed E-state index contributed by atoms with van der Waals surface area (Å²) in [6.07, 6.45) is 3.76. The Labute approximate surface area is 111 Å². The summed E-state index contributed by atoms with van der Waals surface area (Å²) in [5.41, 5.74) is 2.31. The Morgan fingerprint density at radius 2 is 2.17 bits per heavy atom. The van der Waals surface area contributed by atoms with E-state index in [1.54, 1.807) is 0 Å². The van der Waals surface area contributed by atoms with Crippen molar-refractivity contribution >= 4 is 22.6 Å². The minimum Gasteiger partial charge on any atom is -0.325 e. The molecule has 1 aromatic carbocycles. The number of rotatable bonds is 2. The van der Waals surface area contributed by atoms with Gasteiger partial charge in [0.05, 0.1) is 11.0 Å². The van der Waals surface area contributed by atoms with Gasteiger partial charge in [-0.1, -0.05) is 11.6 Å². The van der Waals surface area contributed by atoms with E-state index in [9.17, 15) is 0 Å². The van der Waals surface area contributed by atoms with Crippen molar-refractivity contribution < 1.29 is 0 Å². The van der Waals surface area contributed by atoms with E-state index in [0.717, 1.165) is 23.6 Å². The average molecular weight is 262 g/mol. The molecule has 4 rings (SSSR count). The van der Waals surface area contributed by atoms with Crippen LogP contribution in [0.5, 0.6) is 0 Å². The summed E-state index contributed by atoms with van der Waals surface area (Å²) in [7, 11) is 0. The van der Waals surface area contributed by atoms with Crippen LogP contribution in [0.25, 0.3) is 11.0 Å². The second kappa shape index (κ2) is 3.97. The Morgan fingerprint density at radius 3 is 2.89 bits per heavy atom.